The fourth-order valence-electron chi connectivity index (χ4n) is 3.27. The zero-order chi connectivity index (χ0) is 21.3. The number of aryl methyl sites for hydroxylation is 1. The first-order valence-electron chi connectivity index (χ1n) is 10.1. The average Bonchev–Trinajstić information content (AvgIpc) is 3.12. The van der Waals surface area contributed by atoms with Gasteiger partial charge in [0, 0.05) is 26.2 Å². The van der Waals surface area contributed by atoms with Crippen molar-refractivity contribution in [2.24, 2.45) is 0 Å². The minimum atomic E-state index is -0.552. The molecule has 0 radical (unpaired) electrons. The summed E-state index contributed by atoms with van der Waals surface area (Å²) < 4.78 is 10.5. The lowest BCUT2D eigenvalue weighted by Crippen LogP contribution is -2.32. The molecule has 7 nitrogen and oxygen atoms in total. The molecular formula is C23H30N4O3. The Morgan fingerprint density at radius 1 is 0.900 bits per heavy atom. The van der Waals surface area contributed by atoms with Gasteiger partial charge < -0.3 is 9.84 Å². The van der Waals surface area contributed by atoms with Crippen LogP contribution in [0.3, 0.4) is 0 Å². The van der Waals surface area contributed by atoms with Gasteiger partial charge in [-0.1, -0.05) is 52.8 Å². The largest absolute Gasteiger partial charge is 0.491 e. The van der Waals surface area contributed by atoms with Crippen LogP contribution in [-0.2, 0) is 19.6 Å². The van der Waals surface area contributed by atoms with Crippen molar-refractivity contribution in [2.75, 3.05) is 27.2 Å². The average molecular weight is 411 g/mol. The standard InChI is InChI=1S/C23H30N4O3/c1-18-23(25-30-24-18)16-27(3)14-20-9-11-22(12-10-20)29-17-21(28)15-26(2)13-19-7-5-4-6-8-19/h4-12,21,28H,13-17H2,1-3H3/t21-/m1/s1. The van der Waals surface area contributed by atoms with Gasteiger partial charge >= 0.3 is 0 Å². The number of likely N-dealkylation sites (N-methyl/N-ethyl adjacent to an activating group) is 1. The predicted octanol–water partition coefficient (Wildman–Crippen LogP) is 2.88. The van der Waals surface area contributed by atoms with E-state index in [1.807, 2.05) is 63.5 Å². The van der Waals surface area contributed by atoms with E-state index >= 15 is 0 Å². The molecule has 30 heavy (non-hydrogen) atoms. The fraction of sp³-hybridized carbons (Fsp3) is 0.391. The molecule has 2 aromatic carbocycles. The van der Waals surface area contributed by atoms with Gasteiger partial charge in [-0.2, -0.15) is 0 Å². The van der Waals surface area contributed by atoms with E-state index in [0.717, 1.165) is 30.2 Å². The van der Waals surface area contributed by atoms with Crippen LogP contribution in [0.25, 0.3) is 0 Å². The first-order valence-corrected chi connectivity index (χ1v) is 10.1. The third-order valence-corrected chi connectivity index (χ3v) is 4.80. The maximum Gasteiger partial charge on any atom is 0.122 e. The van der Waals surface area contributed by atoms with E-state index in [1.165, 1.54) is 11.1 Å². The molecule has 1 N–H and O–H groups in total. The van der Waals surface area contributed by atoms with Crippen molar-refractivity contribution in [1.82, 2.24) is 20.1 Å². The number of rotatable bonds is 11. The molecule has 0 spiro atoms. The lowest BCUT2D eigenvalue weighted by atomic mass is 10.2. The van der Waals surface area contributed by atoms with E-state index in [-0.39, 0.29) is 6.61 Å². The molecular weight excluding hydrogens is 380 g/mol. The first-order chi connectivity index (χ1) is 14.5. The Balaban J connectivity index is 1.40. The number of aliphatic hydroxyl groups is 1. The summed E-state index contributed by atoms with van der Waals surface area (Å²) in [5.74, 6) is 0.753. The van der Waals surface area contributed by atoms with Gasteiger partial charge in [0.05, 0.1) is 0 Å². The van der Waals surface area contributed by atoms with Crippen molar-refractivity contribution in [3.63, 3.8) is 0 Å². The Labute approximate surface area is 177 Å². The molecule has 1 aromatic heterocycles. The van der Waals surface area contributed by atoms with Crippen molar-refractivity contribution in [3.05, 3.63) is 77.1 Å². The van der Waals surface area contributed by atoms with Gasteiger partial charge in [0.15, 0.2) is 0 Å². The zero-order valence-electron chi connectivity index (χ0n) is 17.9. The molecule has 1 atom stereocenters. The zero-order valence-corrected chi connectivity index (χ0v) is 17.9. The molecule has 1 heterocycles. The van der Waals surface area contributed by atoms with Crippen molar-refractivity contribution >= 4 is 0 Å². The third-order valence-electron chi connectivity index (χ3n) is 4.80. The van der Waals surface area contributed by atoms with Crippen LogP contribution in [0.2, 0.25) is 0 Å². The molecule has 7 heteroatoms. The van der Waals surface area contributed by atoms with Gasteiger partial charge in [-0.25, -0.2) is 4.63 Å². The van der Waals surface area contributed by atoms with E-state index in [1.54, 1.807) is 0 Å². The highest BCUT2D eigenvalue weighted by atomic mass is 16.6. The smallest absolute Gasteiger partial charge is 0.122 e. The van der Waals surface area contributed by atoms with Gasteiger partial charge in [-0.15, -0.1) is 0 Å². The first kappa shape index (κ1) is 22.0. The highest BCUT2D eigenvalue weighted by molar-refractivity contribution is 5.27. The number of ether oxygens (including phenoxy) is 1. The molecule has 0 fully saturated rings. The monoisotopic (exact) mass is 410 g/mol. The SMILES string of the molecule is Cc1nonc1CN(C)Cc1ccc(OC[C@H](O)CN(C)Cc2ccccc2)cc1. The summed E-state index contributed by atoms with van der Waals surface area (Å²) >= 11 is 0. The Bertz CT molecular complexity index is 883. The molecule has 0 unspecified atom stereocenters. The Morgan fingerprint density at radius 3 is 2.23 bits per heavy atom. The molecule has 0 aliphatic carbocycles. The van der Waals surface area contributed by atoms with Crippen molar-refractivity contribution in [2.45, 2.75) is 32.7 Å². The van der Waals surface area contributed by atoms with E-state index in [2.05, 4.69) is 32.2 Å². The van der Waals surface area contributed by atoms with E-state index in [0.29, 0.717) is 13.1 Å². The van der Waals surface area contributed by atoms with Crippen LogP contribution in [-0.4, -0.2) is 58.6 Å². The third kappa shape index (κ3) is 6.95. The Morgan fingerprint density at radius 2 is 1.57 bits per heavy atom. The number of aromatic nitrogens is 2. The molecule has 0 saturated heterocycles. The van der Waals surface area contributed by atoms with Crippen LogP contribution in [0, 0.1) is 6.92 Å². The maximum absolute atomic E-state index is 10.3. The van der Waals surface area contributed by atoms with Crippen molar-refractivity contribution in [3.8, 4) is 5.75 Å². The van der Waals surface area contributed by atoms with Gasteiger partial charge in [0.1, 0.15) is 29.8 Å². The van der Waals surface area contributed by atoms with Crippen LogP contribution in [0.4, 0.5) is 0 Å². The van der Waals surface area contributed by atoms with E-state index in [9.17, 15) is 5.11 Å². The molecule has 3 aromatic rings. The van der Waals surface area contributed by atoms with Crippen LogP contribution < -0.4 is 4.74 Å². The number of aliphatic hydroxyl groups excluding tert-OH is 1. The Hall–Kier alpha value is -2.74. The van der Waals surface area contributed by atoms with Crippen molar-refractivity contribution in [1.29, 1.82) is 0 Å². The van der Waals surface area contributed by atoms with Crippen LogP contribution in [0.15, 0.2) is 59.2 Å². The van der Waals surface area contributed by atoms with Gasteiger partial charge in [0.25, 0.3) is 0 Å². The summed E-state index contributed by atoms with van der Waals surface area (Å²) in [6, 6.07) is 18.2. The summed E-state index contributed by atoms with van der Waals surface area (Å²) in [6.07, 6.45) is -0.552. The summed E-state index contributed by atoms with van der Waals surface area (Å²) in [6.45, 7) is 4.95. The maximum atomic E-state index is 10.3. The highest BCUT2D eigenvalue weighted by Gasteiger charge is 2.11. The number of benzene rings is 2. The van der Waals surface area contributed by atoms with Crippen LogP contribution in [0.1, 0.15) is 22.5 Å². The second-order valence-corrected chi connectivity index (χ2v) is 7.76. The summed E-state index contributed by atoms with van der Waals surface area (Å²) in [5.41, 5.74) is 4.06. The quantitative estimate of drug-likeness (QED) is 0.521. The molecule has 3 rings (SSSR count). The predicted molar refractivity (Wildman–Crippen MR) is 115 cm³/mol. The van der Waals surface area contributed by atoms with Crippen molar-refractivity contribution < 1.29 is 14.5 Å². The summed E-state index contributed by atoms with van der Waals surface area (Å²) in [7, 11) is 4.03. The summed E-state index contributed by atoms with van der Waals surface area (Å²) in [4.78, 5) is 4.24. The molecule has 0 bridgehead atoms. The van der Waals surface area contributed by atoms with Crippen LogP contribution in [0.5, 0.6) is 5.75 Å². The molecule has 0 aliphatic rings. The number of hydrogen-bond donors (Lipinski definition) is 1. The molecule has 0 amide bonds. The minimum absolute atomic E-state index is 0.261. The van der Waals surface area contributed by atoms with Gasteiger partial charge in [-0.05, 0) is 44.3 Å². The second kappa shape index (κ2) is 10.9. The molecule has 0 saturated carbocycles. The van der Waals surface area contributed by atoms with E-state index in [4.69, 9.17) is 9.37 Å². The topological polar surface area (TPSA) is 74.9 Å². The normalized spacial score (nSPS) is 12.5. The summed E-state index contributed by atoms with van der Waals surface area (Å²) in [5, 5.41) is 18.0. The molecule has 0 aliphatic heterocycles. The highest BCUT2D eigenvalue weighted by Crippen LogP contribution is 2.15. The Kier molecular flexibility index (Phi) is 7.96. The number of nitrogens with zero attached hydrogens (tertiary/aromatic N) is 4. The second-order valence-electron chi connectivity index (χ2n) is 7.76. The number of hydrogen-bond acceptors (Lipinski definition) is 7. The lowest BCUT2D eigenvalue weighted by molar-refractivity contribution is 0.0744. The minimum Gasteiger partial charge on any atom is -0.491 e. The molecule has 160 valence electrons. The van der Waals surface area contributed by atoms with Gasteiger partial charge in [0.2, 0.25) is 0 Å². The lowest BCUT2D eigenvalue weighted by Gasteiger charge is -2.21. The van der Waals surface area contributed by atoms with E-state index < -0.39 is 6.10 Å². The fourth-order valence-corrected chi connectivity index (χ4v) is 3.27. The van der Waals surface area contributed by atoms with Crippen LogP contribution >= 0.6 is 0 Å². The van der Waals surface area contributed by atoms with Gasteiger partial charge in [-0.3, -0.25) is 9.80 Å².